The van der Waals surface area contributed by atoms with Crippen molar-refractivity contribution in [1.82, 2.24) is 4.37 Å². The molecule has 0 spiro atoms. The Bertz CT molecular complexity index is 275. The lowest BCUT2D eigenvalue weighted by Gasteiger charge is -2.34. The molecule has 0 bridgehead atoms. The first kappa shape index (κ1) is 9.12. The van der Waals surface area contributed by atoms with Gasteiger partial charge in [0.05, 0.1) is 18.3 Å². The van der Waals surface area contributed by atoms with Gasteiger partial charge in [-0.05, 0) is 18.5 Å². The van der Waals surface area contributed by atoms with Crippen LogP contribution >= 0.6 is 11.5 Å². The molecule has 13 heavy (non-hydrogen) atoms. The standard InChI is InChI=1S/C9H13NO2S/c1-7-4-9(11,2-3-12-7)8-5-10-13-6-8/h5-7,11H,2-4H2,1H3. The average molecular weight is 199 g/mol. The highest BCUT2D eigenvalue weighted by Gasteiger charge is 2.35. The Morgan fingerprint density at radius 3 is 3.23 bits per heavy atom. The summed E-state index contributed by atoms with van der Waals surface area (Å²) < 4.78 is 9.40. The van der Waals surface area contributed by atoms with E-state index in [0.29, 0.717) is 19.4 Å². The number of rotatable bonds is 1. The fourth-order valence-electron chi connectivity index (χ4n) is 1.76. The number of hydrogen-bond acceptors (Lipinski definition) is 4. The van der Waals surface area contributed by atoms with Gasteiger partial charge >= 0.3 is 0 Å². The van der Waals surface area contributed by atoms with E-state index in [1.165, 1.54) is 11.5 Å². The summed E-state index contributed by atoms with van der Waals surface area (Å²) in [6, 6.07) is 0. The van der Waals surface area contributed by atoms with Crippen molar-refractivity contribution in [2.45, 2.75) is 31.5 Å². The van der Waals surface area contributed by atoms with Crippen LogP contribution in [0.2, 0.25) is 0 Å². The molecule has 2 unspecified atom stereocenters. The molecule has 4 heteroatoms. The van der Waals surface area contributed by atoms with Crippen LogP contribution in [0.1, 0.15) is 25.3 Å². The molecule has 1 fully saturated rings. The van der Waals surface area contributed by atoms with Crippen LogP contribution in [-0.4, -0.2) is 22.2 Å². The second-order valence-corrected chi connectivity index (χ2v) is 4.24. The molecular weight excluding hydrogens is 186 g/mol. The van der Waals surface area contributed by atoms with Gasteiger partial charge in [0.25, 0.3) is 0 Å². The summed E-state index contributed by atoms with van der Waals surface area (Å²) in [4.78, 5) is 0. The van der Waals surface area contributed by atoms with E-state index in [9.17, 15) is 5.11 Å². The number of aliphatic hydroxyl groups is 1. The van der Waals surface area contributed by atoms with Crippen molar-refractivity contribution >= 4 is 11.5 Å². The lowest BCUT2D eigenvalue weighted by molar-refractivity contribution is -0.101. The van der Waals surface area contributed by atoms with Crippen LogP contribution in [0.15, 0.2) is 11.6 Å². The molecule has 0 radical (unpaired) electrons. The molecular formula is C9H13NO2S. The number of ether oxygens (including phenoxy) is 1. The van der Waals surface area contributed by atoms with E-state index < -0.39 is 5.60 Å². The van der Waals surface area contributed by atoms with E-state index in [4.69, 9.17) is 4.74 Å². The van der Waals surface area contributed by atoms with Gasteiger partial charge in [0.2, 0.25) is 0 Å². The Morgan fingerprint density at radius 2 is 2.62 bits per heavy atom. The summed E-state index contributed by atoms with van der Waals surface area (Å²) in [5, 5.41) is 12.2. The Hall–Kier alpha value is -0.450. The molecule has 0 saturated carbocycles. The van der Waals surface area contributed by atoms with Crippen molar-refractivity contribution in [3.8, 4) is 0 Å². The zero-order valence-electron chi connectivity index (χ0n) is 7.56. The van der Waals surface area contributed by atoms with Crippen LogP contribution in [-0.2, 0) is 10.3 Å². The molecule has 72 valence electrons. The van der Waals surface area contributed by atoms with Gasteiger partial charge in [-0.2, -0.15) is 0 Å². The molecule has 1 aliphatic rings. The fourth-order valence-corrected chi connectivity index (χ4v) is 2.39. The van der Waals surface area contributed by atoms with Crippen LogP contribution < -0.4 is 0 Å². The minimum absolute atomic E-state index is 0.138. The maximum absolute atomic E-state index is 10.3. The van der Waals surface area contributed by atoms with E-state index in [1.54, 1.807) is 6.20 Å². The van der Waals surface area contributed by atoms with E-state index in [-0.39, 0.29) is 6.10 Å². The number of hydrogen-bond donors (Lipinski definition) is 1. The van der Waals surface area contributed by atoms with Crippen LogP contribution in [0, 0.1) is 0 Å². The van der Waals surface area contributed by atoms with E-state index >= 15 is 0 Å². The Morgan fingerprint density at radius 1 is 1.77 bits per heavy atom. The molecule has 2 atom stereocenters. The Kier molecular flexibility index (Phi) is 2.36. The molecule has 2 rings (SSSR count). The van der Waals surface area contributed by atoms with Crippen LogP contribution in [0.25, 0.3) is 0 Å². The minimum atomic E-state index is -0.704. The molecule has 0 aliphatic carbocycles. The topological polar surface area (TPSA) is 42.4 Å². The van der Waals surface area contributed by atoms with Gasteiger partial charge in [-0.25, -0.2) is 4.37 Å². The van der Waals surface area contributed by atoms with Crippen molar-refractivity contribution < 1.29 is 9.84 Å². The predicted octanol–water partition coefficient (Wildman–Crippen LogP) is 1.53. The van der Waals surface area contributed by atoms with Crippen molar-refractivity contribution in [3.05, 3.63) is 17.1 Å². The Labute approximate surface area is 81.5 Å². The quantitative estimate of drug-likeness (QED) is 0.745. The van der Waals surface area contributed by atoms with E-state index in [1.807, 2.05) is 12.3 Å². The molecule has 1 N–H and O–H groups in total. The summed E-state index contributed by atoms with van der Waals surface area (Å²) in [6.07, 6.45) is 3.24. The van der Waals surface area contributed by atoms with Crippen molar-refractivity contribution in [3.63, 3.8) is 0 Å². The monoisotopic (exact) mass is 199 g/mol. The summed E-state index contributed by atoms with van der Waals surface area (Å²) in [6.45, 7) is 2.62. The van der Waals surface area contributed by atoms with Gasteiger partial charge in [0, 0.05) is 30.0 Å². The lowest BCUT2D eigenvalue weighted by atomic mass is 9.86. The third-order valence-electron chi connectivity index (χ3n) is 2.51. The van der Waals surface area contributed by atoms with Crippen LogP contribution in [0.5, 0.6) is 0 Å². The second kappa shape index (κ2) is 3.36. The van der Waals surface area contributed by atoms with Gasteiger partial charge in [-0.1, -0.05) is 0 Å². The van der Waals surface area contributed by atoms with Crippen LogP contribution in [0.3, 0.4) is 0 Å². The van der Waals surface area contributed by atoms with Crippen molar-refractivity contribution in [2.75, 3.05) is 6.61 Å². The molecule has 0 aromatic carbocycles. The Balaban J connectivity index is 2.20. The third kappa shape index (κ3) is 1.75. The van der Waals surface area contributed by atoms with Gasteiger partial charge < -0.3 is 9.84 Å². The highest BCUT2D eigenvalue weighted by atomic mass is 32.1. The van der Waals surface area contributed by atoms with Gasteiger partial charge in [-0.15, -0.1) is 0 Å². The number of nitrogens with zero attached hydrogens (tertiary/aromatic N) is 1. The van der Waals surface area contributed by atoms with Gasteiger partial charge in [-0.3, -0.25) is 0 Å². The molecule has 1 saturated heterocycles. The largest absolute Gasteiger partial charge is 0.385 e. The van der Waals surface area contributed by atoms with Gasteiger partial charge in [0.15, 0.2) is 0 Å². The summed E-state index contributed by atoms with van der Waals surface area (Å²) in [5.41, 5.74) is 0.234. The van der Waals surface area contributed by atoms with Gasteiger partial charge in [0.1, 0.15) is 0 Å². The molecule has 1 aromatic heterocycles. The molecule has 0 amide bonds. The zero-order chi connectivity index (χ0) is 9.31. The maximum atomic E-state index is 10.3. The SMILES string of the molecule is CC1CC(O)(c2cnsc2)CCO1. The zero-order valence-corrected chi connectivity index (χ0v) is 8.38. The fraction of sp³-hybridized carbons (Fsp3) is 0.667. The molecule has 2 heterocycles. The first-order valence-corrected chi connectivity index (χ1v) is 5.28. The van der Waals surface area contributed by atoms with Crippen molar-refractivity contribution in [1.29, 1.82) is 0 Å². The summed E-state index contributed by atoms with van der Waals surface area (Å²) >= 11 is 1.38. The first-order chi connectivity index (χ1) is 6.21. The highest BCUT2D eigenvalue weighted by Crippen LogP contribution is 2.34. The van der Waals surface area contributed by atoms with Crippen molar-refractivity contribution in [2.24, 2.45) is 0 Å². The third-order valence-corrected chi connectivity index (χ3v) is 3.10. The summed E-state index contributed by atoms with van der Waals surface area (Å²) in [7, 11) is 0. The van der Waals surface area contributed by atoms with E-state index in [2.05, 4.69) is 4.37 Å². The average Bonchev–Trinajstić information content (AvgIpc) is 2.55. The molecule has 3 nitrogen and oxygen atoms in total. The van der Waals surface area contributed by atoms with Crippen LogP contribution in [0.4, 0.5) is 0 Å². The normalized spacial score (nSPS) is 34.8. The van der Waals surface area contributed by atoms with E-state index in [0.717, 1.165) is 5.56 Å². The smallest absolute Gasteiger partial charge is 0.0966 e. The second-order valence-electron chi connectivity index (χ2n) is 3.58. The lowest BCUT2D eigenvalue weighted by Crippen LogP contribution is -2.37. The maximum Gasteiger partial charge on any atom is 0.0966 e. The highest BCUT2D eigenvalue weighted by molar-refractivity contribution is 7.03. The summed E-state index contributed by atoms with van der Waals surface area (Å²) in [5.74, 6) is 0. The minimum Gasteiger partial charge on any atom is -0.385 e. The first-order valence-electron chi connectivity index (χ1n) is 4.44. The molecule has 1 aliphatic heterocycles. The predicted molar refractivity (Wildman–Crippen MR) is 50.7 cm³/mol. The number of aromatic nitrogens is 1. The molecule has 1 aromatic rings.